The molecule has 0 aliphatic rings. The van der Waals surface area contributed by atoms with Crippen molar-refractivity contribution in [3.05, 3.63) is 59.7 Å². The first-order chi connectivity index (χ1) is 14.0. The minimum absolute atomic E-state index is 0.0799. The molecule has 0 spiro atoms. The van der Waals surface area contributed by atoms with Crippen LogP contribution in [0.3, 0.4) is 0 Å². The van der Waals surface area contributed by atoms with Crippen LogP contribution in [-0.2, 0) is 19.5 Å². The van der Waals surface area contributed by atoms with E-state index in [4.69, 9.17) is 9.47 Å². The lowest BCUT2D eigenvalue weighted by molar-refractivity contribution is 0.0516. The van der Waals surface area contributed by atoms with Gasteiger partial charge >= 0.3 is 11.9 Å². The number of hydrogen-bond acceptors (Lipinski definition) is 6. The Labute approximate surface area is 178 Å². The number of hydrogen-bond donors (Lipinski definition) is 1. The SMILES string of the molecule is CCOC(=O)c1cccc(NS(=O)(=O)c2cccc(C(=O)OCC[Si](C)(C)C)c2)c1. The quantitative estimate of drug-likeness (QED) is 0.456. The van der Waals surface area contributed by atoms with Crippen molar-refractivity contribution in [2.75, 3.05) is 17.9 Å². The van der Waals surface area contributed by atoms with Gasteiger partial charge in [0.2, 0.25) is 0 Å². The zero-order chi connectivity index (χ0) is 22.4. The molecule has 162 valence electrons. The molecule has 0 amide bonds. The minimum atomic E-state index is -3.97. The van der Waals surface area contributed by atoms with Gasteiger partial charge in [0.25, 0.3) is 10.0 Å². The number of esters is 2. The van der Waals surface area contributed by atoms with Crippen LogP contribution in [0, 0.1) is 0 Å². The Hall–Kier alpha value is -2.65. The summed E-state index contributed by atoms with van der Waals surface area (Å²) in [6, 6.07) is 12.5. The molecule has 2 rings (SSSR count). The summed E-state index contributed by atoms with van der Waals surface area (Å²) in [7, 11) is -5.31. The molecule has 0 aliphatic heterocycles. The number of ether oxygens (including phenoxy) is 2. The van der Waals surface area contributed by atoms with Gasteiger partial charge in [-0.3, -0.25) is 4.72 Å². The highest BCUT2D eigenvalue weighted by Gasteiger charge is 2.19. The molecule has 0 atom stereocenters. The Morgan fingerprint density at radius 2 is 1.53 bits per heavy atom. The van der Waals surface area contributed by atoms with Crippen molar-refractivity contribution in [3.63, 3.8) is 0 Å². The third kappa shape index (κ3) is 6.99. The van der Waals surface area contributed by atoms with E-state index < -0.39 is 30.0 Å². The van der Waals surface area contributed by atoms with Crippen LogP contribution in [0.4, 0.5) is 5.69 Å². The molecule has 0 aromatic heterocycles. The molecule has 0 fully saturated rings. The Balaban J connectivity index is 2.15. The zero-order valence-electron chi connectivity index (χ0n) is 17.6. The summed E-state index contributed by atoms with van der Waals surface area (Å²) >= 11 is 0. The number of carbonyl (C=O) groups excluding carboxylic acids is 2. The summed E-state index contributed by atoms with van der Waals surface area (Å²) in [5.41, 5.74) is 0.606. The lowest BCUT2D eigenvalue weighted by atomic mass is 10.2. The summed E-state index contributed by atoms with van der Waals surface area (Å²) in [4.78, 5) is 24.0. The van der Waals surface area contributed by atoms with Crippen LogP contribution in [0.15, 0.2) is 53.4 Å². The van der Waals surface area contributed by atoms with E-state index in [2.05, 4.69) is 24.4 Å². The Kier molecular flexibility index (Phi) is 7.80. The molecule has 9 heteroatoms. The first kappa shape index (κ1) is 23.6. The van der Waals surface area contributed by atoms with Crippen molar-refractivity contribution in [3.8, 4) is 0 Å². The molecule has 0 heterocycles. The van der Waals surface area contributed by atoms with Crippen LogP contribution in [0.1, 0.15) is 27.6 Å². The van der Waals surface area contributed by atoms with Crippen molar-refractivity contribution < 1.29 is 27.5 Å². The number of sulfonamides is 1. The van der Waals surface area contributed by atoms with E-state index in [1.165, 1.54) is 42.5 Å². The standard InChI is InChI=1S/C21H27NO6SSi/c1-5-27-20(23)16-8-6-10-18(14-16)22-29(25,26)19-11-7-9-17(15-19)21(24)28-12-13-30(2,3)4/h6-11,14-15,22H,5,12-13H2,1-4H3. The maximum Gasteiger partial charge on any atom is 0.338 e. The summed E-state index contributed by atoms with van der Waals surface area (Å²) in [6.45, 7) is 8.75. The summed E-state index contributed by atoms with van der Waals surface area (Å²) in [5, 5.41) is 0. The lowest BCUT2D eigenvalue weighted by Gasteiger charge is -2.15. The van der Waals surface area contributed by atoms with Crippen LogP contribution >= 0.6 is 0 Å². The van der Waals surface area contributed by atoms with Crippen molar-refractivity contribution >= 4 is 35.7 Å². The van der Waals surface area contributed by atoms with Crippen LogP contribution in [0.25, 0.3) is 0 Å². The average Bonchev–Trinajstić information content (AvgIpc) is 2.67. The molecule has 1 N–H and O–H groups in total. The summed E-state index contributed by atoms with van der Waals surface area (Å²) in [5.74, 6) is -1.10. The molecule has 0 aliphatic carbocycles. The number of benzene rings is 2. The second kappa shape index (κ2) is 9.90. The van der Waals surface area contributed by atoms with Crippen molar-refractivity contribution in [2.24, 2.45) is 0 Å². The number of anilines is 1. The lowest BCUT2D eigenvalue weighted by Crippen LogP contribution is -2.22. The number of carbonyl (C=O) groups is 2. The fourth-order valence-electron chi connectivity index (χ4n) is 2.46. The molecular weight excluding hydrogens is 422 g/mol. The Morgan fingerprint density at radius 1 is 0.933 bits per heavy atom. The highest BCUT2D eigenvalue weighted by molar-refractivity contribution is 7.92. The monoisotopic (exact) mass is 449 g/mol. The van der Waals surface area contributed by atoms with Gasteiger partial charge in [-0.2, -0.15) is 0 Å². The van der Waals surface area contributed by atoms with Crippen molar-refractivity contribution in [1.82, 2.24) is 0 Å². The molecule has 7 nitrogen and oxygen atoms in total. The molecule has 0 unspecified atom stereocenters. The van der Waals surface area contributed by atoms with Crippen molar-refractivity contribution in [2.45, 2.75) is 37.5 Å². The third-order valence-electron chi connectivity index (χ3n) is 4.09. The second-order valence-electron chi connectivity index (χ2n) is 7.88. The zero-order valence-corrected chi connectivity index (χ0v) is 19.4. The highest BCUT2D eigenvalue weighted by atomic mass is 32.2. The van der Waals surface area contributed by atoms with E-state index in [1.807, 2.05) is 0 Å². The molecule has 30 heavy (non-hydrogen) atoms. The van der Waals surface area contributed by atoms with Gasteiger partial charge in [0, 0.05) is 13.8 Å². The fraction of sp³-hybridized carbons (Fsp3) is 0.333. The predicted octanol–water partition coefficient (Wildman–Crippen LogP) is 4.16. The van der Waals surface area contributed by atoms with Crippen molar-refractivity contribution in [1.29, 1.82) is 0 Å². The number of nitrogens with one attached hydrogen (secondary N) is 1. The van der Waals surface area contributed by atoms with Gasteiger partial charge in [-0.25, -0.2) is 18.0 Å². The van der Waals surface area contributed by atoms with E-state index in [0.717, 1.165) is 6.04 Å². The molecule has 0 radical (unpaired) electrons. The molecule has 0 bridgehead atoms. The molecule has 2 aromatic carbocycles. The van der Waals surface area contributed by atoms with Gasteiger partial charge in [0.15, 0.2) is 0 Å². The summed E-state index contributed by atoms with van der Waals surface area (Å²) < 4.78 is 38.1. The minimum Gasteiger partial charge on any atom is -0.462 e. The highest BCUT2D eigenvalue weighted by Crippen LogP contribution is 2.19. The normalized spacial score (nSPS) is 11.6. The average molecular weight is 450 g/mol. The van der Waals surface area contributed by atoms with E-state index in [1.54, 1.807) is 13.0 Å². The topological polar surface area (TPSA) is 98.8 Å². The van der Waals surface area contributed by atoms with E-state index >= 15 is 0 Å². The fourth-order valence-corrected chi connectivity index (χ4v) is 4.27. The Morgan fingerprint density at radius 3 is 2.17 bits per heavy atom. The molecular formula is C21H27NO6SSi. The maximum atomic E-state index is 12.8. The van der Waals surface area contributed by atoms with Crippen LogP contribution in [-0.4, -0.2) is 41.6 Å². The predicted molar refractivity (Wildman–Crippen MR) is 118 cm³/mol. The first-order valence-corrected chi connectivity index (χ1v) is 14.8. The van der Waals surface area contributed by atoms with Gasteiger partial charge in [-0.1, -0.05) is 31.8 Å². The Bertz CT molecular complexity index is 1010. The largest absolute Gasteiger partial charge is 0.462 e. The van der Waals surface area contributed by atoms with Crippen LogP contribution < -0.4 is 4.72 Å². The van der Waals surface area contributed by atoms with Gasteiger partial charge in [0.05, 0.1) is 29.2 Å². The number of rotatable bonds is 9. The van der Waals surface area contributed by atoms with Gasteiger partial charge < -0.3 is 9.47 Å². The third-order valence-corrected chi connectivity index (χ3v) is 7.17. The molecule has 2 aromatic rings. The maximum absolute atomic E-state index is 12.8. The van der Waals surface area contributed by atoms with Gasteiger partial charge in [0.1, 0.15) is 0 Å². The van der Waals surface area contributed by atoms with Gasteiger partial charge in [-0.05, 0) is 49.4 Å². The van der Waals surface area contributed by atoms with Gasteiger partial charge in [-0.15, -0.1) is 0 Å². The van der Waals surface area contributed by atoms with E-state index in [0.29, 0.717) is 6.61 Å². The molecule has 0 saturated heterocycles. The van der Waals surface area contributed by atoms with E-state index in [-0.39, 0.29) is 28.3 Å². The second-order valence-corrected chi connectivity index (χ2v) is 15.2. The first-order valence-electron chi connectivity index (χ1n) is 9.59. The van der Waals surface area contributed by atoms with Crippen LogP contribution in [0.2, 0.25) is 25.7 Å². The van der Waals surface area contributed by atoms with Crippen LogP contribution in [0.5, 0.6) is 0 Å². The smallest absolute Gasteiger partial charge is 0.338 e. The van der Waals surface area contributed by atoms with E-state index in [9.17, 15) is 18.0 Å². The molecule has 0 saturated carbocycles. The summed E-state index contributed by atoms with van der Waals surface area (Å²) in [6.07, 6.45) is 0.